The molecule has 0 spiro atoms. The Morgan fingerprint density at radius 3 is 1.71 bits per heavy atom. The standard InChI is InChI=1S/C6H12O/c1-5(7)6(2,3)4/h5,7H,1-2H2,3-4H3. The number of rotatable bonds is 1. The first-order chi connectivity index (χ1) is 2.94. The zero-order valence-corrected chi connectivity index (χ0v) is 4.94. The van der Waals surface area contributed by atoms with Gasteiger partial charge in [-0.25, -0.2) is 0 Å². The summed E-state index contributed by atoms with van der Waals surface area (Å²) in [5.74, 6) is 0. The maximum absolute atomic E-state index is 8.72. The molecule has 2 radical (unpaired) electrons. The number of hydrogen-bond donors (Lipinski definition) is 1. The molecular formula is C6H12O. The Hall–Kier alpha value is -0.0400. The van der Waals surface area contributed by atoms with Gasteiger partial charge in [0, 0.05) is 0 Å². The van der Waals surface area contributed by atoms with Crippen LogP contribution in [0.1, 0.15) is 13.8 Å². The molecule has 42 valence electrons. The van der Waals surface area contributed by atoms with Gasteiger partial charge in [0.1, 0.15) is 0 Å². The van der Waals surface area contributed by atoms with E-state index in [0.717, 1.165) is 0 Å². The summed E-state index contributed by atoms with van der Waals surface area (Å²) in [7, 11) is 0. The van der Waals surface area contributed by atoms with E-state index in [9.17, 15) is 0 Å². The molecule has 1 atom stereocenters. The lowest BCUT2D eigenvalue weighted by Crippen LogP contribution is -2.22. The van der Waals surface area contributed by atoms with Gasteiger partial charge < -0.3 is 5.11 Å². The molecule has 0 rings (SSSR count). The number of aliphatic hydroxyl groups is 1. The molecule has 0 aromatic carbocycles. The van der Waals surface area contributed by atoms with E-state index in [1.807, 2.05) is 13.8 Å². The molecule has 1 N–H and O–H groups in total. The van der Waals surface area contributed by atoms with Crippen LogP contribution in [0.3, 0.4) is 0 Å². The minimum Gasteiger partial charge on any atom is -0.393 e. The summed E-state index contributed by atoms with van der Waals surface area (Å²) < 4.78 is 0. The van der Waals surface area contributed by atoms with E-state index < -0.39 is 6.10 Å². The first-order valence-electron chi connectivity index (χ1n) is 2.31. The maximum atomic E-state index is 8.72. The first-order valence-corrected chi connectivity index (χ1v) is 2.31. The first kappa shape index (κ1) is 6.96. The molecule has 7 heavy (non-hydrogen) atoms. The molecule has 0 aromatic rings. The van der Waals surface area contributed by atoms with Gasteiger partial charge in [-0.1, -0.05) is 13.8 Å². The summed E-state index contributed by atoms with van der Waals surface area (Å²) in [5.41, 5.74) is -0.306. The summed E-state index contributed by atoms with van der Waals surface area (Å²) in [5, 5.41) is 8.72. The SMILES string of the molecule is [CH2]C(O)C([CH2])(C)C. The Morgan fingerprint density at radius 2 is 1.71 bits per heavy atom. The zero-order valence-electron chi connectivity index (χ0n) is 4.94. The summed E-state index contributed by atoms with van der Waals surface area (Å²) in [4.78, 5) is 0. The molecule has 0 fully saturated rings. The normalized spacial score (nSPS) is 16.7. The molecule has 0 aliphatic carbocycles. The maximum Gasteiger partial charge on any atom is 0.0592 e. The van der Waals surface area contributed by atoms with Crippen molar-refractivity contribution < 1.29 is 5.11 Å². The van der Waals surface area contributed by atoms with Gasteiger partial charge >= 0.3 is 0 Å². The van der Waals surface area contributed by atoms with Crippen molar-refractivity contribution in [2.45, 2.75) is 20.0 Å². The van der Waals surface area contributed by atoms with Crippen molar-refractivity contribution in [3.8, 4) is 0 Å². The van der Waals surface area contributed by atoms with E-state index in [0.29, 0.717) is 0 Å². The van der Waals surface area contributed by atoms with Crippen LogP contribution in [0, 0.1) is 19.3 Å². The molecule has 1 unspecified atom stereocenters. The van der Waals surface area contributed by atoms with Gasteiger partial charge in [-0.2, -0.15) is 0 Å². The van der Waals surface area contributed by atoms with Gasteiger partial charge in [0.2, 0.25) is 0 Å². The second-order valence-corrected chi connectivity index (χ2v) is 2.50. The molecule has 0 saturated carbocycles. The Bertz CT molecular complexity index is 49.7. The summed E-state index contributed by atoms with van der Waals surface area (Å²) in [6.07, 6.45) is -0.563. The van der Waals surface area contributed by atoms with Crippen LogP contribution in [0.4, 0.5) is 0 Å². The minimum absolute atomic E-state index is 0.306. The average molecular weight is 100 g/mol. The average Bonchev–Trinajstić information content (AvgIpc) is 1.31. The van der Waals surface area contributed by atoms with Crippen molar-refractivity contribution in [2.24, 2.45) is 5.41 Å². The zero-order chi connectivity index (χ0) is 6.08. The highest BCUT2D eigenvalue weighted by molar-refractivity contribution is 4.80. The lowest BCUT2D eigenvalue weighted by molar-refractivity contribution is 0.121. The van der Waals surface area contributed by atoms with Gasteiger partial charge in [0.05, 0.1) is 6.10 Å². The van der Waals surface area contributed by atoms with Crippen LogP contribution in [0.25, 0.3) is 0 Å². The second kappa shape index (κ2) is 1.83. The fourth-order valence-electron chi connectivity index (χ4n) is 0. The van der Waals surface area contributed by atoms with E-state index in [-0.39, 0.29) is 5.41 Å². The van der Waals surface area contributed by atoms with Crippen LogP contribution in [0.2, 0.25) is 0 Å². The lowest BCUT2D eigenvalue weighted by atomic mass is 9.91. The van der Waals surface area contributed by atoms with Crippen molar-refractivity contribution in [1.82, 2.24) is 0 Å². The van der Waals surface area contributed by atoms with Crippen molar-refractivity contribution in [1.29, 1.82) is 0 Å². The van der Waals surface area contributed by atoms with Crippen molar-refractivity contribution in [3.05, 3.63) is 13.8 Å². The van der Waals surface area contributed by atoms with Crippen molar-refractivity contribution >= 4 is 0 Å². The topological polar surface area (TPSA) is 20.2 Å². The van der Waals surface area contributed by atoms with Crippen LogP contribution in [-0.2, 0) is 0 Å². The Balaban J connectivity index is 3.54. The van der Waals surface area contributed by atoms with Gasteiger partial charge in [-0.15, -0.1) is 0 Å². The summed E-state index contributed by atoms with van der Waals surface area (Å²) in [6, 6.07) is 0. The molecule has 0 aliphatic rings. The molecule has 1 heteroatoms. The van der Waals surface area contributed by atoms with E-state index in [1.165, 1.54) is 0 Å². The molecule has 0 amide bonds. The highest BCUT2D eigenvalue weighted by Gasteiger charge is 2.16. The van der Waals surface area contributed by atoms with Gasteiger partial charge in [0.15, 0.2) is 0 Å². The highest BCUT2D eigenvalue weighted by Crippen LogP contribution is 2.16. The fraction of sp³-hybridized carbons (Fsp3) is 0.667. The molecular weight excluding hydrogens is 88.1 g/mol. The summed E-state index contributed by atoms with van der Waals surface area (Å²) >= 11 is 0. The molecule has 0 heterocycles. The third kappa shape index (κ3) is 2.63. The van der Waals surface area contributed by atoms with Crippen molar-refractivity contribution in [3.63, 3.8) is 0 Å². The Labute approximate surface area is 45.4 Å². The molecule has 0 saturated heterocycles. The monoisotopic (exact) mass is 100 g/mol. The molecule has 0 aliphatic heterocycles. The Morgan fingerprint density at radius 1 is 1.57 bits per heavy atom. The van der Waals surface area contributed by atoms with Crippen LogP contribution in [0.5, 0.6) is 0 Å². The van der Waals surface area contributed by atoms with Gasteiger partial charge in [0.25, 0.3) is 0 Å². The largest absolute Gasteiger partial charge is 0.393 e. The van der Waals surface area contributed by atoms with Crippen LogP contribution >= 0.6 is 0 Å². The van der Waals surface area contributed by atoms with Crippen LogP contribution in [0.15, 0.2) is 0 Å². The highest BCUT2D eigenvalue weighted by atomic mass is 16.3. The lowest BCUT2D eigenvalue weighted by Gasteiger charge is -2.20. The van der Waals surface area contributed by atoms with Gasteiger partial charge in [-0.3, -0.25) is 0 Å². The molecule has 0 bridgehead atoms. The van der Waals surface area contributed by atoms with Crippen LogP contribution in [-0.4, -0.2) is 11.2 Å². The third-order valence-corrected chi connectivity index (χ3v) is 0.902. The summed E-state index contributed by atoms with van der Waals surface area (Å²) in [6.45, 7) is 10.7. The van der Waals surface area contributed by atoms with E-state index in [2.05, 4.69) is 13.8 Å². The van der Waals surface area contributed by atoms with E-state index >= 15 is 0 Å². The predicted molar refractivity (Wildman–Crippen MR) is 30.5 cm³/mol. The predicted octanol–water partition coefficient (Wildman–Crippen LogP) is 1.04. The van der Waals surface area contributed by atoms with Crippen molar-refractivity contribution in [2.75, 3.05) is 0 Å². The number of hydrogen-bond acceptors (Lipinski definition) is 1. The number of aliphatic hydroxyl groups excluding tert-OH is 1. The van der Waals surface area contributed by atoms with Crippen LogP contribution < -0.4 is 0 Å². The fourth-order valence-corrected chi connectivity index (χ4v) is 0. The molecule has 0 aromatic heterocycles. The van der Waals surface area contributed by atoms with E-state index in [4.69, 9.17) is 5.11 Å². The Kier molecular flexibility index (Phi) is 1.82. The third-order valence-electron chi connectivity index (χ3n) is 0.902. The van der Waals surface area contributed by atoms with Gasteiger partial charge in [-0.05, 0) is 19.3 Å². The van der Waals surface area contributed by atoms with E-state index in [1.54, 1.807) is 0 Å². The quantitative estimate of drug-likeness (QED) is 0.522. The smallest absolute Gasteiger partial charge is 0.0592 e. The minimum atomic E-state index is -0.563. The second-order valence-electron chi connectivity index (χ2n) is 2.50. The molecule has 1 nitrogen and oxygen atoms in total.